The van der Waals surface area contributed by atoms with E-state index in [0.29, 0.717) is 4.31 Å². The van der Waals surface area contributed by atoms with Crippen LogP contribution < -0.4 is 11.1 Å². The fourth-order valence-corrected chi connectivity index (χ4v) is 4.78. The average molecular weight is 578 g/mol. The fraction of sp³-hybridized carbons (Fsp3) is 0.619. The van der Waals surface area contributed by atoms with Crippen molar-refractivity contribution in [2.45, 2.75) is 72.3 Å². The van der Waals surface area contributed by atoms with Crippen molar-refractivity contribution in [3.63, 3.8) is 0 Å². The summed E-state index contributed by atoms with van der Waals surface area (Å²) in [5, 5.41) is 16.6. The Morgan fingerprint density at radius 2 is 1.89 bits per heavy atom. The number of esters is 1. The van der Waals surface area contributed by atoms with Gasteiger partial charge in [-0.2, -0.15) is 8.42 Å². The number of anilines is 1. The van der Waals surface area contributed by atoms with Crippen LogP contribution in [0.15, 0.2) is 10.5 Å². The highest BCUT2D eigenvalue weighted by Gasteiger charge is 2.53. The van der Waals surface area contributed by atoms with Gasteiger partial charge in [0.25, 0.3) is 11.8 Å². The third-order valence-corrected chi connectivity index (χ3v) is 7.27. The van der Waals surface area contributed by atoms with E-state index < -0.39 is 75.6 Å². The molecule has 0 aliphatic carbocycles. The van der Waals surface area contributed by atoms with Crippen LogP contribution >= 0.6 is 11.3 Å². The zero-order valence-corrected chi connectivity index (χ0v) is 23.5. The Bertz CT molecular complexity index is 1240. The molecule has 1 saturated heterocycles. The molecular weight excluding hydrogens is 546 g/mol. The number of nitrogens with one attached hydrogen (secondary N) is 1. The predicted octanol–water partition coefficient (Wildman–Crippen LogP) is 0.264. The van der Waals surface area contributed by atoms with Gasteiger partial charge in [-0.25, -0.2) is 14.1 Å². The molecule has 0 bridgehead atoms. The van der Waals surface area contributed by atoms with Gasteiger partial charge >= 0.3 is 22.2 Å². The van der Waals surface area contributed by atoms with Gasteiger partial charge in [-0.1, -0.05) is 5.16 Å². The largest absolute Gasteiger partial charge is 0.478 e. The van der Waals surface area contributed by atoms with Crippen LogP contribution in [0.4, 0.5) is 5.13 Å². The number of thiazole rings is 1. The van der Waals surface area contributed by atoms with E-state index in [4.69, 9.17) is 19.5 Å². The number of nitrogens with two attached hydrogens (primary N) is 1. The van der Waals surface area contributed by atoms with Gasteiger partial charge in [0.05, 0.1) is 24.2 Å². The number of carbonyl (C=O) groups excluding carboxylic acids is 3. The highest BCUT2D eigenvalue weighted by atomic mass is 32.2. The van der Waals surface area contributed by atoms with Crippen LogP contribution in [0.5, 0.6) is 0 Å². The summed E-state index contributed by atoms with van der Waals surface area (Å²) in [5.41, 5.74) is 1.96. The number of hydrogen-bond acceptors (Lipinski definition) is 13. The number of hydrogen-bond donors (Lipinski definition) is 3. The summed E-state index contributed by atoms with van der Waals surface area (Å²) in [6.45, 7) is 9.30. The van der Waals surface area contributed by atoms with Crippen LogP contribution in [-0.4, -0.2) is 82.7 Å². The first-order valence-electron chi connectivity index (χ1n) is 11.3. The van der Waals surface area contributed by atoms with Gasteiger partial charge in [0.15, 0.2) is 10.8 Å². The molecule has 17 heteroatoms. The number of aliphatic carboxylic acids is 1. The number of carboxylic acids is 1. The van der Waals surface area contributed by atoms with Crippen molar-refractivity contribution in [1.82, 2.24) is 14.6 Å². The van der Waals surface area contributed by atoms with Gasteiger partial charge in [-0.15, -0.1) is 11.3 Å². The standard InChI is InChI=1S/C21H31N5O10S2/c1-10(2)35-18(31)20(4,5)9-34-38(32,33)26-11(3)13(16(26)28)24-15(27)14(12-8-37-19(22)23-12)25-36-21(6,7)17(29)30/h8,10-11,13H,9H2,1-7H3,(H2,22,23)(H,24,27)(H,29,30)/t11-,13-/m0/s1. The Balaban J connectivity index is 2.15. The number of ether oxygens (including phenoxy) is 1. The third kappa shape index (κ3) is 6.96. The maximum absolute atomic E-state index is 13.0. The molecule has 1 fully saturated rings. The molecule has 0 aromatic carbocycles. The van der Waals surface area contributed by atoms with Crippen molar-refractivity contribution in [2.75, 3.05) is 12.3 Å². The summed E-state index contributed by atoms with van der Waals surface area (Å²) in [6, 6.07) is -2.37. The zero-order valence-electron chi connectivity index (χ0n) is 21.9. The second kappa shape index (κ2) is 11.2. The fourth-order valence-electron chi connectivity index (χ4n) is 2.81. The lowest BCUT2D eigenvalue weighted by atomic mass is 9.95. The van der Waals surface area contributed by atoms with Crippen molar-refractivity contribution in [2.24, 2.45) is 10.6 Å². The number of amides is 2. The summed E-state index contributed by atoms with van der Waals surface area (Å²) < 4.78 is 35.9. The van der Waals surface area contributed by atoms with E-state index in [1.165, 1.54) is 40.0 Å². The molecule has 0 unspecified atom stereocenters. The van der Waals surface area contributed by atoms with Crippen molar-refractivity contribution in [3.05, 3.63) is 11.1 Å². The quantitative estimate of drug-likeness (QED) is 0.132. The molecule has 1 aromatic rings. The first-order valence-corrected chi connectivity index (χ1v) is 13.5. The SMILES string of the molecule is CC(C)OC(=O)C(C)(C)COS(=O)(=O)N1C(=O)[C@@H](NC(=O)C(=NOC(C)(C)C(=O)O)c2csc(N)n2)[C@@H]1C. The van der Waals surface area contributed by atoms with Crippen LogP contribution in [0.1, 0.15) is 54.2 Å². The number of carbonyl (C=O) groups is 4. The molecule has 0 radical (unpaired) electrons. The number of aromatic nitrogens is 1. The first kappa shape index (κ1) is 30.9. The summed E-state index contributed by atoms with van der Waals surface area (Å²) in [5.74, 6) is -4.03. The van der Waals surface area contributed by atoms with E-state index in [0.717, 1.165) is 11.3 Å². The highest BCUT2D eigenvalue weighted by molar-refractivity contribution is 7.85. The molecule has 1 aromatic heterocycles. The molecule has 15 nitrogen and oxygen atoms in total. The lowest BCUT2D eigenvalue weighted by Gasteiger charge is -2.43. The maximum Gasteiger partial charge on any atom is 0.365 e. The third-order valence-electron chi connectivity index (χ3n) is 5.19. The molecule has 1 aliphatic rings. The Kier molecular flexibility index (Phi) is 9.11. The van der Waals surface area contributed by atoms with E-state index in [-0.39, 0.29) is 10.8 Å². The predicted molar refractivity (Wildman–Crippen MR) is 134 cm³/mol. The lowest BCUT2D eigenvalue weighted by molar-refractivity contribution is -0.161. The molecule has 212 valence electrons. The molecular formula is C21H31N5O10S2. The maximum atomic E-state index is 13.0. The number of β-lactam (4-membered cyclic amide) rings is 1. The van der Waals surface area contributed by atoms with Crippen LogP contribution in [0, 0.1) is 5.41 Å². The number of nitrogen functional groups attached to an aromatic ring is 1. The molecule has 2 rings (SSSR count). The normalized spacial score (nSPS) is 18.7. The average Bonchev–Trinajstić information content (AvgIpc) is 3.21. The second-order valence-corrected chi connectivity index (χ2v) is 12.2. The van der Waals surface area contributed by atoms with E-state index in [1.807, 2.05) is 0 Å². The second-order valence-electron chi connectivity index (χ2n) is 9.80. The Labute approximate surface area is 223 Å². The Morgan fingerprint density at radius 1 is 1.29 bits per heavy atom. The van der Waals surface area contributed by atoms with Crippen molar-refractivity contribution < 1.29 is 46.5 Å². The number of oxime groups is 1. The van der Waals surface area contributed by atoms with E-state index in [9.17, 15) is 32.7 Å². The molecule has 4 N–H and O–H groups in total. The van der Waals surface area contributed by atoms with Gasteiger partial charge < -0.3 is 25.7 Å². The van der Waals surface area contributed by atoms with Crippen molar-refractivity contribution in [3.8, 4) is 0 Å². The van der Waals surface area contributed by atoms with Crippen LogP contribution in [0.25, 0.3) is 0 Å². The topological polar surface area (TPSA) is 217 Å². The molecule has 38 heavy (non-hydrogen) atoms. The molecule has 0 spiro atoms. The number of carboxylic acid groups (broad SMARTS) is 1. The van der Waals surface area contributed by atoms with Gasteiger partial charge in [-0.05, 0) is 48.5 Å². The van der Waals surface area contributed by atoms with Crippen molar-refractivity contribution >= 4 is 56.2 Å². The summed E-state index contributed by atoms with van der Waals surface area (Å²) in [6.07, 6.45) is -0.422. The Morgan fingerprint density at radius 3 is 2.37 bits per heavy atom. The van der Waals surface area contributed by atoms with E-state index in [2.05, 4.69) is 15.5 Å². The van der Waals surface area contributed by atoms with Gasteiger partial charge in [0.1, 0.15) is 11.7 Å². The minimum absolute atomic E-state index is 0.0473. The minimum Gasteiger partial charge on any atom is -0.478 e. The first-order chi connectivity index (χ1) is 17.3. The summed E-state index contributed by atoms with van der Waals surface area (Å²) in [7, 11) is -4.62. The molecule has 2 amide bonds. The van der Waals surface area contributed by atoms with Gasteiger partial charge in [0.2, 0.25) is 5.60 Å². The Hall–Kier alpha value is -3.31. The monoisotopic (exact) mass is 577 g/mol. The van der Waals surface area contributed by atoms with Crippen LogP contribution in [-0.2, 0) is 43.2 Å². The molecule has 2 heterocycles. The summed E-state index contributed by atoms with van der Waals surface area (Å²) >= 11 is 0.976. The van der Waals surface area contributed by atoms with Gasteiger partial charge in [0, 0.05) is 5.38 Å². The van der Waals surface area contributed by atoms with Crippen LogP contribution in [0.2, 0.25) is 0 Å². The summed E-state index contributed by atoms with van der Waals surface area (Å²) in [4.78, 5) is 58.1. The molecule has 2 atom stereocenters. The lowest BCUT2D eigenvalue weighted by Crippen LogP contribution is -2.71. The minimum atomic E-state index is -4.62. The van der Waals surface area contributed by atoms with Crippen LogP contribution in [0.3, 0.4) is 0 Å². The highest BCUT2D eigenvalue weighted by Crippen LogP contribution is 2.28. The molecule has 0 saturated carbocycles. The molecule has 1 aliphatic heterocycles. The number of rotatable bonds is 12. The zero-order chi connectivity index (χ0) is 29.2. The van der Waals surface area contributed by atoms with E-state index >= 15 is 0 Å². The number of nitrogens with zero attached hydrogens (tertiary/aromatic N) is 3. The van der Waals surface area contributed by atoms with Crippen molar-refractivity contribution in [1.29, 1.82) is 0 Å². The van der Waals surface area contributed by atoms with Gasteiger partial charge in [-0.3, -0.25) is 18.6 Å². The smallest absolute Gasteiger partial charge is 0.365 e. The van der Waals surface area contributed by atoms with E-state index in [1.54, 1.807) is 13.8 Å².